The van der Waals surface area contributed by atoms with E-state index in [2.05, 4.69) is 5.32 Å². The van der Waals surface area contributed by atoms with Crippen LogP contribution in [0.3, 0.4) is 0 Å². The normalized spacial score (nSPS) is 10.5. The average molecular weight is 324 g/mol. The third kappa shape index (κ3) is 3.10. The summed E-state index contributed by atoms with van der Waals surface area (Å²) in [6, 6.07) is 17.8. The fraction of sp³-hybridized carbons (Fsp3) is 0.0526. The molecule has 3 aromatic carbocycles. The highest BCUT2D eigenvalue weighted by Gasteiger charge is 2.11. The minimum absolute atomic E-state index is 0.00780. The van der Waals surface area contributed by atoms with Crippen molar-refractivity contribution in [3.05, 3.63) is 76.8 Å². The SMILES string of the molecule is CC(=O)c1ccc(NC(=O)c2cccc3c(Cl)cccc23)cc1. The number of hydrogen-bond acceptors (Lipinski definition) is 2. The lowest BCUT2D eigenvalue weighted by Crippen LogP contribution is -2.12. The summed E-state index contributed by atoms with van der Waals surface area (Å²) in [4.78, 5) is 23.8. The molecule has 0 heterocycles. The maximum Gasteiger partial charge on any atom is 0.256 e. The van der Waals surface area contributed by atoms with Gasteiger partial charge in [-0.1, -0.05) is 35.9 Å². The third-order valence-corrected chi connectivity index (χ3v) is 3.99. The van der Waals surface area contributed by atoms with E-state index >= 15 is 0 Å². The van der Waals surface area contributed by atoms with Gasteiger partial charge in [0, 0.05) is 27.2 Å². The van der Waals surface area contributed by atoms with Gasteiger partial charge in [0.1, 0.15) is 0 Å². The van der Waals surface area contributed by atoms with Gasteiger partial charge in [-0.15, -0.1) is 0 Å². The zero-order valence-corrected chi connectivity index (χ0v) is 13.2. The molecule has 0 saturated heterocycles. The fourth-order valence-electron chi connectivity index (χ4n) is 2.46. The quantitative estimate of drug-likeness (QED) is 0.693. The maximum absolute atomic E-state index is 12.5. The zero-order chi connectivity index (χ0) is 16.4. The molecule has 0 unspecified atom stereocenters. The van der Waals surface area contributed by atoms with E-state index in [-0.39, 0.29) is 11.7 Å². The third-order valence-electron chi connectivity index (χ3n) is 3.66. The van der Waals surface area contributed by atoms with E-state index in [0.29, 0.717) is 21.8 Å². The number of rotatable bonds is 3. The number of ketones is 1. The molecule has 0 atom stereocenters. The lowest BCUT2D eigenvalue weighted by molar-refractivity contribution is 0.101. The van der Waals surface area contributed by atoms with Crippen LogP contribution in [-0.4, -0.2) is 11.7 Å². The standard InChI is InChI=1S/C19H14ClNO2/c1-12(22)13-8-10-14(11-9-13)21-19(23)17-6-2-5-16-15(17)4-3-7-18(16)20/h2-11H,1H3,(H,21,23). The summed E-state index contributed by atoms with van der Waals surface area (Å²) < 4.78 is 0. The molecule has 3 rings (SSSR count). The Labute approximate surface area is 138 Å². The second kappa shape index (κ2) is 6.23. The molecule has 0 aliphatic heterocycles. The average Bonchev–Trinajstić information content (AvgIpc) is 2.55. The van der Waals surface area contributed by atoms with Crippen molar-refractivity contribution >= 4 is 39.8 Å². The maximum atomic E-state index is 12.5. The Morgan fingerprint density at radius 1 is 0.870 bits per heavy atom. The lowest BCUT2D eigenvalue weighted by atomic mass is 10.0. The van der Waals surface area contributed by atoms with Gasteiger partial charge >= 0.3 is 0 Å². The monoisotopic (exact) mass is 323 g/mol. The summed E-state index contributed by atoms with van der Waals surface area (Å²) in [5, 5.41) is 5.10. The summed E-state index contributed by atoms with van der Waals surface area (Å²) in [6.45, 7) is 1.51. The van der Waals surface area contributed by atoms with Crippen molar-refractivity contribution in [2.24, 2.45) is 0 Å². The van der Waals surface area contributed by atoms with Crippen molar-refractivity contribution in [1.29, 1.82) is 0 Å². The van der Waals surface area contributed by atoms with Crippen molar-refractivity contribution in [1.82, 2.24) is 0 Å². The highest BCUT2D eigenvalue weighted by molar-refractivity contribution is 6.36. The number of nitrogens with one attached hydrogen (secondary N) is 1. The number of fused-ring (bicyclic) bond motifs is 1. The molecule has 3 aromatic rings. The minimum atomic E-state index is -0.214. The lowest BCUT2D eigenvalue weighted by Gasteiger charge is -2.09. The largest absolute Gasteiger partial charge is 0.322 e. The number of halogens is 1. The van der Waals surface area contributed by atoms with Crippen LogP contribution in [0.1, 0.15) is 27.6 Å². The fourth-order valence-corrected chi connectivity index (χ4v) is 2.69. The summed E-state index contributed by atoms with van der Waals surface area (Å²) in [5.41, 5.74) is 1.81. The topological polar surface area (TPSA) is 46.2 Å². The molecular formula is C19H14ClNO2. The molecule has 1 amide bonds. The van der Waals surface area contributed by atoms with Crippen molar-refractivity contribution in [2.75, 3.05) is 5.32 Å². The van der Waals surface area contributed by atoms with E-state index in [1.807, 2.05) is 24.3 Å². The number of Topliss-reactive ketones (excluding diaryl/α,β-unsaturated/α-hetero) is 1. The van der Waals surface area contributed by atoms with E-state index in [1.54, 1.807) is 36.4 Å². The minimum Gasteiger partial charge on any atom is -0.322 e. The first-order valence-electron chi connectivity index (χ1n) is 7.16. The van der Waals surface area contributed by atoms with E-state index in [9.17, 15) is 9.59 Å². The Kier molecular flexibility index (Phi) is 4.13. The van der Waals surface area contributed by atoms with Crippen LogP contribution in [0.5, 0.6) is 0 Å². The van der Waals surface area contributed by atoms with Crippen LogP contribution in [0.2, 0.25) is 5.02 Å². The number of hydrogen-bond donors (Lipinski definition) is 1. The smallest absolute Gasteiger partial charge is 0.256 e. The van der Waals surface area contributed by atoms with Crippen molar-refractivity contribution < 1.29 is 9.59 Å². The molecule has 1 N–H and O–H groups in total. The van der Waals surface area contributed by atoms with Gasteiger partial charge in [-0.05, 0) is 48.7 Å². The Balaban J connectivity index is 1.92. The number of anilines is 1. The highest BCUT2D eigenvalue weighted by atomic mass is 35.5. The molecule has 3 nitrogen and oxygen atoms in total. The first-order valence-corrected chi connectivity index (χ1v) is 7.53. The van der Waals surface area contributed by atoms with Crippen LogP contribution >= 0.6 is 11.6 Å². The first-order chi connectivity index (χ1) is 11.1. The number of amides is 1. The summed E-state index contributed by atoms with van der Waals surface area (Å²) >= 11 is 6.18. The van der Waals surface area contributed by atoms with E-state index in [1.165, 1.54) is 6.92 Å². The van der Waals surface area contributed by atoms with Gasteiger partial charge < -0.3 is 5.32 Å². The van der Waals surface area contributed by atoms with Gasteiger partial charge in [-0.25, -0.2) is 0 Å². The molecule has 0 aromatic heterocycles. The molecule has 0 aliphatic rings. The number of carbonyl (C=O) groups excluding carboxylic acids is 2. The van der Waals surface area contributed by atoms with Crippen LogP contribution < -0.4 is 5.32 Å². The van der Waals surface area contributed by atoms with Gasteiger partial charge in [-0.2, -0.15) is 0 Å². The summed E-state index contributed by atoms with van der Waals surface area (Å²) in [5.74, 6) is -0.222. The molecule has 0 fully saturated rings. The molecule has 114 valence electrons. The van der Waals surface area contributed by atoms with Crippen LogP contribution in [0.4, 0.5) is 5.69 Å². The molecule has 0 bridgehead atoms. The van der Waals surface area contributed by atoms with Crippen molar-refractivity contribution in [3.63, 3.8) is 0 Å². The van der Waals surface area contributed by atoms with Crippen LogP contribution in [0.15, 0.2) is 60.7 Å². The predicted molar refractivity (Wildman–Crippen MR) is 93.4 cm³/mol. The summed E-state index contributed by atoms with van der Waals surface area (Å²) in [6.07, 6.45) is 0. The molecule has 4 heteroatoms. The second-order valence-electron chi connectivity index (χ2n) is 5.23. The van der Waals surface area contributed by atoms with Crippen LogP contribution in [0, 0.1) is 0 Å². The Hall–Kier alpha value is -2.65. The van der Waals surface area contributed by atoms with Crippen LogP contribution in [0.25, 0.3) is 10.8 Å². The Morgan fingerprint density at radius 2 is 1.52 bits per heavy atom. The molecule has 23 heavy (non-hydrogen) atoms. The van der Waals surface area contributed by atoms with Gasteiger partial charge in [0.25, 0.3) is 5.91 Å². The van der Waals surface area contributed by atoms with E-state index in [0.717, 1.165) is 10.8 Å². The van der Waals surface area contributed by atoms with Crippen molar-refractivity contribution in [3.8, 4) is 0 Å². The molecule has 0 aliphatic carbocycles. The molecule has 0 saturated carbocycles. The van der Waals surface area contributed by atoms with Gasteiger partial charge in [0.2, 0.25) is 0 Å². The molecule has 0 radical (unpaired) electrons. The Morgan fingerprint density at radius 3 is 2.22 bits per heavy atom. The van der Waals surface area contributed by atoms with E-state index < -0.39 is 0 Å². The second-order valence-corrected chi connectivity index (χ2v) is 5.64. The first kappa shape index (κ1) is 15.3. The zero-order valence-electron chi connectivity index (χ0n) is 12.5. The number of benzene rings is 3. The van der Waals surface area contributed by atoms with E-state index in [4.69, 9.17) is 11.6 Å². The molecule has 0 spiro atoms. The van der Waals surface area contributed by atoms with Crippen molar-refractivity contribution in [2.45, 2.75) is 6.92 Å². The Bertz CT molecular complexity index is 901. The summed E-state index contributed by atoms with van der Waals surface area (Å²) in [7, 11) is 0. The highest BCUT2D eigenvalue weighted by Crippen LogP contribution is 2.26. The predicted octanol–water partition coefficient (Wildman–Crippen LogP) is 4.95. The van der Waals surface area contributed by atoms with Gasteiger partial charge in [0.05, 0.1) is 0 Å². The molecular weight excluding hydrogens is 310 g/mol. The van der Waals surface area contributed by atoms with Gasteiger partial charge in [0.15, 0.2) is 5.78 Å². The number of carbonyl (C=O) groups is 2. The van der Waals surface area contributed by atoms with Crippen LogP contribution in [-0.2, 0) is 0 Å². The van der Waals surface area contributed by atoms with Gasteiger partial charge in [-0.3, -0.25) is 9.59 Å².